The Hall–Kier alpha value is -3.04. The monoisotopic (exact) mass is 428 g/mol. The first-order chi connectivity index (χ1) is 14.0. The number of fused-ring (bicyclic) bond motifs is 1. The van der Waals surface area contributed by atoms with E-state index in [4.69, 9.17) is 0 Å². The van der Waals surface area contributed by atoms with E-state index >= 15 is 0 Å². The molecule has 1 heterocycles. The van der Waals surface area contributed by atoms with Gasteiger partial charge in [-0.25, -0.2) is 17.4 Å². The van der Waals surface area contributed by atoms with Gasteiger partial charge in [0.1, 0.15) is 0 Å². The summed E-state index contributed by atoms with van der Waals surface area (Å²) in [6.07, 6.45) is 0. The average molecular weight is 429 g/mol. The van der Waals surface area contributed by atoms with Gasteiger partial charge in [0.15, 0.2) is 5.69 Å². The Morgan fingerprint density at radius 1 is 1.10 bits per heavy atom. The molecule has 1 N–H and O–H groups in total. The predicted octanol–water partition coefficient (Wildman–Crippen LogP) is 2.79. The van der Waals surface area contributed by atoms with E-state index < -0.39 is 15.9 Å². The molecule has 0 aliphatic heterocycles. The number of hydrogen-bond donors (Lipinski definition) is 1. The van der Waals surface area contributed by atoms with Crippen molar-refractivity contribution in [2.24, 2.45) is 0 Å². The summed E-state index contributed by atoms with van der Waals surface area (Å²) in [6.45, 7) is 5.39. The van der Waals surface area contributed by atoms with Crippen LogP contribution in [-0.4, -0.2) is 42.5 Å². The number of sulfonamides is 1. The third-order valence-electron chi connectivity index (χ3n) is 4.77. The molecule has 0 unspecified atom stereocenters. The van der Waals surface area contributed by atoms with Gasteiger partial charge in [-0.2, -0.15) is 5.10 Å². The van der Waals surface area contributed by atoms with Gasteiger partial charge in [0.05, 0.1) is 16.3 Å². The van der Waals surface area contributed by atoms with Crippen molar-refractivity contribution in [3.63, 3.8) is 0 Å². The molecular formula is C21H24N4O4S. The maximum atomic E-state index is 13.1. The minimum Gasteiger partial charge on any atom is -0.320 e. The van der Waals surface area contributed by atoms with Crippen LogP contribution >= 0.6 is 0 Å². The molecule has 30 heavy (non-hydrogen) atoms. The van der Waals surface area contributed by atoms with Gasteiger partial charge < -0.3 is 5.32 Å². The molecule has 0 radical (unpaired) electrons. The zero-order valence-corrected chi connectivity index (χ0v) is 18.3. The summed E-state index contributed by atoms with van der Waals surface area (Å²) in [5.74, 6) is -0.525. The van der Waals surface area contributed by atoms with E-state index in [-0.39, 0.29) is 22.2 Å². The number of nitrogens with one attached hydrogen (secondary N) is 1. The molecule has 0 saturated heterocycles. The van der Waals surface area contributed by atoms with Crippen LogP contribution in [0, 0.1) is 6.92 Å². The summed E-state index contributed by atoms with van der Waals surface area (Å²) < 4.78 is 27.3. The van der Waals surface area contributed by atoms with E-state index in [1.807, 2.05) is 13.8 Å². The number of aromatic nitrogens is 2. The van der Waals surface area contributed by atoms with E-state index in [0.29, 0.717) is 22.0 Å². The molecule has 158 valence electrons. The first kappa shape index (κ1) is 21.7. The van der Waals surface area contributed by atoms with E-state index in [0.717, 1.165) is 4.31 Å². The Kier molecular flexibility index (Phi) is 5.78. The van der Waals surface area contributed by atoms with Gasteiger partial charge in [-0.15, -0.1) is 0 Å². The molecule has 0 saturated carbocycles. The summed E-state index contributed by atoms with van der Waals surface area (Å²) >= 11 is 0. The second kappa shape index (κ2) is 8.00. The zero-order chi connectivity index (χ0) is 22.2. The molecule has 0 aliphatic carbocycles. The minimum absolute atomic E-state index is 0.0679. The van der Waals surface area contributed by atoms with E-state index in [2.05, 4.69) is 10.4 Å². The molecule has 1 amide bonds. The normalized spacial score (nSPS) is 12.0. The number of hydrogen-bond acceptors (Lipinski definition) is 5. The molecule has 8 nitrogen and oxygen atoms in total. The lowest BCUT2D eigenvalue weighted by molar-refractivity contribution is 0.102. The highest BCUT2D eigenvalue weighted by Gasteiger charge is 2.21. The summed E-state index contributed by atoms with van der Waals surface area (Å²) in [4.78, 5) is 25.9. The van der Waals surface area contributed by atoms with Gasteiger partial charge in [-0.05, 0) is 44.5 Å². The van der Waals surface area contributed by atoms with Crippen LogP contribution in [-0.2, 0) is 10.0 Å². The van der Waals surface area contributed by atoms with Crippen LogP contribution in [0.5, 0.6) is 0 Å². The molecule has 0 fully saturated rings. The van der Waals surface area contributed by atoms with Crippen molar-refractivity contribution in [3.05, 3.63) is 64.1 Å². The van der Waals surface area contributed by atoms with Crippen molar-refractivity contribution in [3.8, 4) is 0 Å². The smallest absolute Gasteiger partial charge is 0.276 e. The van der Waals surface area contributed by atoms with Crippen LogP contribution < -0.4 is 10.9 Å². The largest absolute Gasteiger partial charge is 0.320 e. The first-order valence-corrected chi connectivity index (χ1v) is 10.8. The number of nitrogens with zero attached hydrogens (tertiary/aromatic N) is 3. The van der Waals surface area contributed by atoms with Gasteiger partial charge in [0.2, 0.25) is 10.0 Å². The second-order valence-corrected chi connectivity index (χ2v) is 9.61. The SMILES string of the molecule is Cc1ccc(S(=O)(=O)N(C)C)cc1NC(=O)c1nn(C(C)C)c(=O)c2ccccc12. The second-order valence-electron chi connectivity index (χ2n) is 7.46. The van der Waals surface area contributed by atoms with Gasteiger partial charge in [-0.3, -0.25) is 9.59 Å². The number of carbonyl (C=O) groups is 1. The topological polar surface area (TPSA) is 101 Å². The Bertz CT molecular complexity index is 1290. The van der Waals surface area contributed by atoms with Gasteiger partial charge >= 0.3 is 0 Å². The number of rotatable bonds is 5. The molecule has 2 aromatic carbocycles. The van der Waals surface area contributed by atoms with E-state index in [9.17, 15) is 18.0 Å². The summed E-state index contributed by atoms with van der Waals surface area (Å²) in [7, 11) is -0.768. The fourth-order valence-electron chi connectivity index (χ4n) is 3.01. The summed E-state index contributed by atoms with van der Waals surface area (Å²) in [5.41, 5.74) is 0.880. The Morgan fingerprint density at radius 3 is 2.33 bits per heavy atom. The van der Waals surface area contributed by atoms with Crippen molar-refractivity contribution in [2.75, 3.05) is 19.4 Å². The number of amides is 1. The Morgan fingerprint density at radius 2 is 1.73 bits per heavy atom. The fourth-order valence-corrected chi connectivity index (χ4v) is 3.94. The summed E-state index contributed by atoms with van der Waals surface area (Å²) in [6, 6.07) is 11.1. The highest BCUT2D eigenvalue weighted by Crippen LogP contribution is 2.23. The molecule has 3 rings (SSSR count). The van der Waals surface area contributed by atoms with Crippen molar-refractivity contribution < 1.29 is 13.2 Å². The lowest BCUT2D eigenvalue weighted by atomic mass is 10.1. The van der Waals surface area contributed by atoms with Crippen molar-refractivity contribution in [1.29, 1.82) is 0 Å². The number of anilines is 1. The predicted molar refractivity (Wildman–Crippen MR) is 116 cm³/mol. The lowest BCUT2D eigenvalue weighted by Gasteiger charge is -2.16. The number of benzene rings is 2. The molecular weight excluding hydrogens is 404 g/mol. The third kappa shape index (κ3) is 3.86. The number of aryl methyl sites for hydroxylation is 1. The Labute approximate surface area is 175 Å². The molecule has 1 aromatic heterocycles. The molecule has 0 atom stereocenters. The summed E-state index contributed by atoms with van der Waals surface area (Å²) in [5, 5.41) is 7.88. The Balaban J connectivity index is 2.11. The van der Waals surface area contributed by atoms with Crippen LogP contribution in [0.2, 0.25) is 0 Å². The molecule has 0 spiro atoms. The molecule has 3 aromatic rings. The molecule has 9 heteroatoms. The van der Waals surface area contributed by atoms with Crippen LogP contribution in [0.15, 0.2) is 52.2 Å². The van der Waals surface area contributed by atoms with Crippen molar-refractivity contribution in [1.82, 2.24) is 14.1 Å². The third-order valence-corrected chi connectivity index (χ3v) is 6.58. The van der Waals surface area contributed by atoms with E-state index in [1.165, 1.54) is 30.9 Å². The maximum absolute atomic E-state index is 13.1. The van der Waals surface area contributed by atoms with Gasteiger partial charge in [0, 0.05) is 25.2 Å². The molecule has 0 aliphatic rings. The standard InChI is InChI=1S/C21H24N4O4S/c1-13(2)25-21(27)17-9-7-6-8-16(17)19(23-25)20(26)22-18-12-15(11-10-14(18)3)30(28,29)24(4)5/h6-13H,1-5H3,(H,22,26). The highest BCUT2D eigenvalue weighted by molar-refractivity contribution is 7.89. The van der Waals surface area contributed by atoms with Crippen LogP contribution in [0.4, 0.5) is 5.69 Å². The van der Waals surface area contributed by atoms with Crippen molar-refractivity contribution in [2.45, 2.75) is 31.7 Å². The molecule has 0 bridgehead atoms. The highest BCUT2D eigenvalue weighted by atomic mass is 32.2. The van der Waals surface area contributed by atoms with Gasteiger partial charge in [-0.1, -0.05) is 24.3 Å². The first-order valence-electron chi connectivity index (χ1n) is 9.40. The number of carbonyl (C=O) groups excluding carboxylic acids is 1. The quantitative estimate of drug-likeness (QED) is 0.673. The maximum Gasteiger partial charge on any atom is 0.276 e. The lowest BCUT2D eigenvalue weighted by Crippen LogP contribution is -2.29. The van der Waals surface area contributed by atoms with Crippen LogP contribution in [0.25, 0.3) is 10.8 Å². The zero-order valence-electron chi connectivity index (χ0n) is 17.5. The van der Waals surface area contributed by atoms with E-state index in [1.54, 1.807) is 37.3 Å². The van der Waals surface area contributed by atoms with Crippen LogP contribution in [0.1, 0.15) is 35.9 Å². The van der Waals surface area contributed by atoms with Gasteiger partial charge in [0.25, 0.3) is 11.5 Å². The average Bonchev–Trinajstić information content (AvgIpc) is 2.69. The fraction of sp³-hybridized carbons (Fsp3) is 0.286. The minimum atomic E-state index is -3.65. The van der Waals surface area contributed by atoms with Crippen LogP contribution in [0.3, 0.4) is 0 Å². The van der Waals surface area contributed by atoms with Crippen molar-refractivity contribution >= 4 is 32.4 Å².